The monoisotopic (exact) mass is 235 g/mol. The van der Waals surface area contributed by atoms with Gasteiger partial charge in [0.15, 0.2) is 0 Å². The number of hydrogen-bond donors (Lipinski definition) is 2. The molecular formula is C10H22ClN3O. The number of rotatable bonds is 3. The van der Waals surface area contributed by atoms with Gasteiger partial charge >= 0.3 is 0 Å². The molecule has 4 nitrogen and oxygen atoms in total. The smallest absolute Gasteiger partial charge is 0.0558 e. The lowest BCUT2D eigenvalue weighted by Crippen LogP contribution is -2.51. The molecule has 2 aliphatic rings. The molecule has 2 fully saturated rings. The molecule has 0 saturated carbocycles. The molecule has 2 heterocycles. The molecule has 0 bridgehead atoms. The number of hydrogen-bond acceptors (Lipinski definition) is 4. The minimum absolute atomic E-state index is 0. The van der Waals surface area contributed by atoms with Crippen LogP contribution in [0, 0.1) is 0 Å². The molecule has 2 rings (SSSR count). The topological polar surface area (TPSA) is 38.7 Å². The highest BCUT2D eigenvalue weighted by atomic mass is 35.5. The van der Waals surface area contributed by atoms with Gasteiger partial charge in [0, 0.05) is 45.3 Å². The molecule has 2 aliphatic heterocycles. The van der Waals surface area contributed by atoms with E-state index in [1.807, 2.05) is 0 Å². The van der Waals surface area contributed by atoms with Gasteiger partial charge in [0.1, 0.15) is 0 Å². The highest BCUT2D eigenvalue weighted by Gasteiger charge is 2.25. The molecule has 0 aromatic carbocycles. The predicted octanol–water partition coefficient (Wildman–Crippen LogP) is -0.620. The van der Waals surface area contributed by atoms with Crippen LogP contribution in [0.25, 0.3) is 0 Å². The molecule has 1 atom stereocenters. The number of nitrogens with zero attached hydrogens (tertiary/aromatic N) is 2. The van der Waals surface area contributed by atoms with Crippen LogP contribution in [0.1, 0.15) is 6.42 Å². The van der Waals surface area contributed by atoms with Gasteiger partial charge in [-0.3, -0.25) is 9.80 Å². The quantitative estimate of drug-likeness (QED) is 0.684. The Balaban J connectivity index is 0.00000112. The lowest BCUT2D eigenvalue weighted by atomic mass is 10.2. The third-order valence-corrected chi connectivity index (χ3v) is 3.37. The van der Waals surface area contributed by atoms with Gasteiger partial charge in [-0.25, -0.2) is 0 Å². The molecule has 1 unspecified atom stereocenters. The fraction of sp³-hybridized carbons (Fsp3) is 1.00. The Bertz CT molecular complexity index is 168. The molecule has 2 N–H and O–H groups in total. The summed E-state index contributed by atoms with van der Waals surface area (Å²) in [6.45, 7) is 8.08. The van der Waals surface area contributed by atoms with Crippen molar-refractivity contribution in [2.24, 2.45) is 0 Å². The SMILES string of the molecule is Cl.OCCN1CCN(C2CCNC2)CC1. The van der Waals surface area contributed by atoms with Gasteiger partial charge in [-0.1, -0.05) is 0 Å². The molecule has 0 spiro atoms. The molecule has 0 aliphatic carbocycles. The van der Waals surface area contributed by atoms with E-state index >= 15 is 0 Å². The van der Waals surface area contributed by atoms with Crippen LogP contribution in [-0.2, 0) is 0 Å². The Morgan fingerprint density at radius 1 is 1.20 bits per heavy atom. The van der Waals surface area contributed by atoms with Gasteiger partial charge in [-0.15, -0.1) is 12.4 Å². The molecule has 0 amide bonds. The average Bonchev–Trinajstić information content (AvgIpc) is 2.72. The third kappa shape index (κ3) is 3.57. The van der Waals surface area contributed by atoms with Crippen LogP contribution < -0.4 is 5.32 Å². The number of piperazine rings is 1. The number of aliphatic hydroxyl groups is 1. The predicted molar refractivity (Wildman–Crippen MR) is 63.6 cm³/mol. The van der Waals surface area contributed by atoms with Crippen LogP contribution >= 0.6 is 12.4 Å². The van der Waals surface area contributed by atoms with Crippen LogP contribution in [0.4, 0.5) is 0 Å². The normalized spacial score (nSPS) is 29.0. The molecular weight excluding hydrogens is 214 g/mol. The van der Waals surface area contributed by atoms with Crippen molar-refractivity contribution in [3.05, 3.63) is 0 Å². The van der Waals surface area contributed by atoms with Crippen molar-refractivity contribution in [2.75, 3.05) is 52.4 Å². The molecule has 0 aromatic rings. The first-order chi connectivity index (χ1) is 6.90. The summed E-state index contributed by atoms with van der Waals surface area (Å²) in [5.41, 5.74) is 0. The van der Waals surface area contributed by atoms with Crippen LogP contribution in [-0.4, -0.2) is 73.4 Å². The second-order valence-electron chi connectivity index (χ2n) is 4.25. The van der Waals surface area contributed by atoms with Crippen molar-refractivity contribution in [3.63, 3.8) is 0 Å². The van der Waals surface area contributed by atoms with E-state index in [-0.39, 0.29) is 12.4 Å². The van der Waals surface area contributed by atoms with E-state index in [4.69, 9.17) is 5.11 Å². The van der Waals surface area contributed by atoms with E-state index in [1.165, 1.54) is 32.6 Å². The average molecular weight is 236 g/mol. The van der Waals surface area contributed by atoms with Gasteiger partial charge in [0.05, 0.1) is 6.61 Å². The second kappa shape index (κ2) is 6.66. The largest absolute Gasteiger partial charge is 0.395 e. The van der Waals surface area contributed by atoms with Crippen molar-refractivity contribution in [3.8, 4) is 0 Å². The van der Waals surface area contributed by atoms with Crippen molar-refractivity contribution in [2.45, 2.75) is 12.5 Å². The standard InChI is InChI=1S/C10H21N3O.ClH/c14-8-7-12-3-5-13(6-4-12)10-1-2-11-9-10;/h10-11,14H,1-9H2;1H. The van der Waals surface area contributed by atoms with Gasteiger partial charge in [-0.2, -0.15) is 0 Å². The van der Waals surface area contributed by atoms with Crippen LogP contribution in [0.2, 0.25) is 0 Å². The Morgan fingerprint density at radius 2 is 1.93 bits per heavy atom. The van der Waals surface area contributed by atoms with Crippen molar-refractivity contribution < 1.29 is 5.11 Å². The van der Waals surface area contributed by atoms with Gasteiger partial charge in [0.2, 0.25) is 0 Å². The molecule has 15 heavy (non-hydrogen) atoms. The van der Waals surface area contributed by atoms with Crippen molar-refractivity contribution in [1.82, 2.24) is 15.1 Å². The maximum absolute atomic E-state index is 8.83. The lowest BCUT2D eigenvalue weighted by Gasteiger charge is -2.37. The van der Waals surface area contributed by atoms with E-state index in [2.05, 4.69) is 15.1 Å². The van der Waals surface area contributed by atoms with Crippen molar-refractivity contribution in [1.29, 1.82) is 0 Å². The van der Waals surface area contributed by atoms with Crippen LogP contribution in [0.3, 0.4) is 0 Å². The number of nitrogens with one attached hydrogen (secondary N) is 1. The molecule has 0 aromatic heterocycles. The summed E-state index contributed by atoms with van der Waals surface area (Å²) >= 11 is 0. The minimum atomic E-state index is 0. The molecule has 2 saturated heterocycles. The maximum Gasteiger partial charge on any atom is 0.0558 e. The first-order valence-electron chi connectivity index (χ1n) is 5.68. The van der Waals surface area contributed by atoms with Crippen LogP contribution in [0.5, 0.6) is 0 Å². The fourth-order valence-electron chi connectivity index (χ4n) is 2.44. The molecule has 5 heteroatoms. The van der Waals surface area contributed by atoms with E-state index in [9.17, 15) is 0 Å². The Hall–Kier alpha value is 0.130. The second-order valence-corrected chi connectivity index (χ2v) is 4.25. The van der Waals surface area contributed by atoms with E-state index in [0.717, 1.165) is 25.7 Å². The molecule has 90 valence electrons. The summed E-state index contributed by atoms with van der Waals surface area (Å²) in [5, 5.41) is 12.2. The summed E-state index contributed by atoms with van der Waals surface area (Å²) in [6.07, 6.45) is 1.31. The van der Waals surface area contributed by atoms with E-state index < -0.39 is 0 Å². The van der Waals surface area contributed by atoms with Gasteiger partial charge < -0.3 is 10.4 Å². The summed E-state index contributed by atoms with van der Waals surface area (Å²) in [6, 6.07) is 0.770. The number of aliphatic hydroxyl groups excluding tert-OH is 1. The Kier molecular flexibility index (Phi) is 5.86. The number of β-amino-alcohol motifs (C(OH)–C–C–N with tert-alkyl or cyclic N) is 1. The summed E-state index contributed by atoms with van der Waals surface area (Å²) in [5.74, 6) is 0. The summed E-state index contributed by atoms with van der Waals surface area (Å²) in [7, 11) is 0. The zero-order valence-electron chi connectivity index (χ0n) is 9.19. The van der Waals surface area contributed by atoms with Gasteiger partial charge in [-0.05, 0) is 13.0 Å². The molecule has 0 radical (unpaired) electrons. The van der Waals surface area contributed by atoms with Crippen LogP contribution in [0.15, 0.2) is 0 Å². The Labute approximate surface area is 98.0 Å². The maximum atomic E-state index is 8.83. The fourth-order valence-corrected chi connectivity index (χ4v) is 2.44. The highest BCUT2D eigenvalue weighted by molar-refractivity contribution is 5.85. The third-order valence-electron chi connectivity index (χ3n) is 3.37. The minimum Gasteiger partial charge on any atom is -0.395 e. The summed E-state index contributed by atoms with van der Waals surface area (Å²) < 4.78 is 0. The number of halogens is 1. The zero-order chi connectivity index (χ0) is 9.80. The summed E-state index contributed by atoms with van der Waals surface area (Å²) in [4.78, 5) is 4.94. The van der Waals surface area contributed by atoms with E-state index in [0.29, 0.717) is 6.61 Å². The highest BCUT2D eigenvalue weighted by Crippen LogP contribution is 2.11. The first kappa shape index (κ1) is 13.2. The lowest BCUT2D eigenvalue weighted by molar-refractivity contribution is 0.0891. The zero-order valence-corrected chi connectivity index (χ0v) is 10.0. The van der Waals surface area contributed by atoms with Gasteiger partial charge in [0.25, 0.3) is 0 Å². The first-order valence-corrected chi connectivity index (χ1v) is 5.68. The Morgan fingerprint density at radius 3 is 2.47 bits per heavy atom. The van der Waals surface area contributed by atoms with Crippen molar-refractivity contribution >= 4 is 12.4 Å². The van der Waals surface area contributed by atoms with E-state index in [1.54, 1.807) is 0 Å².